The number of H-pyrrole nitrogens is 1. The van der Waals surface area contributed by atoms with Crippen LogP contribution in [0.3, 0.4) is 0 Å². The maximum atomic E-state index is 12.1. The lowest BCUT2D eigenvalue weighted by molar-refractivity contribution is -0.274. The zero-order valence-electron chi connectivity index (χ0n) is 14.4. The van der Waals surface area contributed by atoms with Crippen LogP contribution < -0.4 is 15.2 Å². The molecule has 0 spiro atoms. The molecular formula is C17H16F3N3O4. The highest BCUT2D eigenvalue weighted by molar-refractivity contribution is 5.77. The van der Waals surface area contributed by atoms with Crippen molar-refractivity contribution in [2.45, 2.75) is 32.4 Å². The first kappa shape index (κ1) is 18.8. The molecule has 3 rings (SSSR count). The van der Waals surface area contributed by atoms with Crippen LogP contribution in [0, 0.1) is 0 Å². The van der Waals surface area contributed by atoms with Crippen LogP contribution in [-0.4, -0.2) is 31.6 Å². The summed E-state index contributed by atoms with van der Waals surface area (Å²) in [5.74, 6) is -0.0726. The summed E-state index contributed by atoms with van der Waals surface area (Å²) >= 11 is 0. The number of rotatable bonds is 5. The van der Waals surface area contributed by atoms with E-state index >= 15 is 0 Å². The predicted molar refractivity (Wildman–Crippen MR) is 89.9 cm³/mol. The smallest absolute Gasteiger partial charge is 0.439 e. The molecule has 0 atom stereocenters. The van der Waals surface area contributed by atoms with Crippen LogP contribution in [-0.2, 0) is 6.54 Å². The second-order valence-electron chi connectivity index (χ2n) is 6.49. The van der Waals surface area contributed by atoms with Gasteiger partial charge in [-0.1, -0.05) is 0 Å². The van der Waals surface area contributed by atoms with Crippen LogP contribution in [0.2, 0.25) is 0 Å². The third kappa shape index (κ3) is 4.79. The Labute approximate surface area is 151 Å². The standard InChI is InChI=1S/C17H16F3N3O4/c1-16(2,25)9-23-13-5-3-10(7-12(13)22-15(23)24)26-14-6-4-11(8-21-14)27-17(18,19)20/h3-8,25H,9H2,1-2H3,(H,22,24). The van der Waals surface area contributed by atoms with Crippen LogP contribution >= 0.6 is 0 Å². The number of fused-ring (bicyclic) bond motifs is 1. The minimum Gasteiger partial charge on any atom is -0.439 e. The van der Waals surface area contributed by atoms with E-state index in [-0.39, 0.29) is 18.1 Å². The maximum absolute atomic E-state index is 12.1. The van der Waals surface area contributed by atoms with Crippen molar-refractivity contribution >= 4 is 11.0 Å². The van der Waals surface area contributed by atoms with Crippen molar-refractivity contribution in [3.05, 3.63) is 47.0 Å². The molecular weight excluding hydrogens is 367 g/mol. The number of benzene rings is 1. The summed E-state index contributed by atoms with van der Waals surface area (Å²) in [6.07, 6.45) is -3.90. The molecule has 2 N–H and O–H groups in total. The molecule has 0 unspecified atom stereocenters. The molecule has 0 aliphatic heterocycles. The molecule has 27 heavy (non-hydrogen) atoms. The number of aliphatic hydroxyl groups is 1. The molecule has 0 saturated carbocycles. The van der Waals surface area contributed by atoms with Crippen LogP contribution in [0.15, 0.2) is 41.3 Å². The van der Waals surface area contributed by atoms with Gasteiger partial charge in [0.1, 0.15) is 11.5 Å². The fraction of sp³-hybridized carbons (Fsp3) is 0.294. The fourth-order valence-corrected chi connectivity index (χ4v) is 2.49. The van der Waals surface area contributed by atoms with Crippen molar-refractivity contribution in [3.8, 4) is 17.4 Å². The highest BCUT2D eigenvalue weighted by Gasteiger charge is 2.31. The molecule has 0 bridgehead atoms. The Balaban J connectivity index is 1.81. The first-order chi connectivity index (χ1) is 12.5. The zero-order valence-corrected chi connectivity index (χ0v) is 14.4. The number of alkyl halides is 3. The van der Waals surface area contributed by atoms with E-state index in [1.54, 1.807) is 32.0 Å². The Morgan fingerprint density at radius 1 is 1.19 bits per heavy atom. The monoisotopic (exact) mass is 383 g/mol. The van der Waals surface area contributed by atoms with Gasteiger partial charge < -0.3 is 19.6 Å². The Bertz CT molecular complexity index is 1000. The van der Waals surface area contributed by atoms with Crippen molar-refractivity contribution in [1.29, 1.82) is 0 Å². The molecule has 0 radical (unpaired) electrons. The number of halogens is 3. The molecule has 0 saturated heterocycles. The third-order valence-electron chi connectivity index (χ3n) is 3.46. The number of nitrogens with zero attached hydrogens (tertiary/aromatic N) is 2. The fourth-order valence-electron chi connectivity index (χ4n) is 2.49. The van der Waals surface area contributed by atoms with Crippen LogP contribution in [0.25, 0.3) is 11.0 Å². The van der Waals surface area contributed by atoms with Crippen LogP contribution in [0.1, 0.15) is 13.8 Å². The van der Waals surface area contributed by atoms with E-state index in [2.05, 4.69) is 14.7 Å². The normalized spacial score (nSPS) is 12.4. The minimum atomic E-state index is -4.79. The first-order valence-electron chi connectivity index (χ1n) is 7.85. The van der Waals surface area contributed by atoms with Crippen molar-refractivity contribution in [2.24, 2.45) is 0 Å². The van der Waals surface area contributed by atoms with Gasteiger partial charge in [-0.25, -0.2) is 9.78 Å². The SMILES string of the molecule is CC(C)(O)Cn1c(=O)[nH]c2cc(Oc3ccc(OC(F)(F)F)cn3)ccc21. The van der Waals surface area contributed by atoms with Crippen molar-refractivity contribution in [3.63, 3.8) is 0 Å². The van der Waals surface area contributed by atoms with E-state index in [4.69, 9.17) is 4.74 Å². The second kappa shape index (κ2) is 6.62. The third-order valence-corrected chi connectivity index (χ3v) is 3.46. The molecule has 2 heterocycles. The molecule has 2 aromatic heterocycles. The van der Waals surface area contributed by atoms with Gasteiger partial charge in [0.2, 0.25) is 5.88 Å². The molecule has 10 heteroatoms. The quantitative estimate of drug-likeness (QED) is 0.706. The number of hydrogen-bond donors (Lipinski definition) is 2. The average Bonchev–Trinajstić information content (AvgIpc) is 2.81. The molecule has 7 nitrogen and oxygen atoms in total. The number of aromatic nitrogens is 3. The van der Waals surface area contributed by atoms with Gasteiger partial charge in [-0.2, -0.15) is 0 Å². The molecule has 0 fully saturated rings. The topological polar surface area (TPSA) is 89.4 Å². The lowest BCUT2D eigenvalue weighted by atomic mass is 10.1. The number of hydrogen-bond acceptors (Lipinski definition) is 5. The number of nitrogens with one attached hydrogen (secondary N) is 1. The Hall–Kier alpha value is -3.01. The molecule has 0 aliphatic carbocycles. The molecule has 3 aromatic rings. The minimum absolute atomic E-state index is 0.0575. The van der Waals surface area contributed by atoms with Gasteiger partial charge >= 0.3 is 12.1 Å². The second-order valence-corrected chi connectivity index (χ2v) is 6.49. The van der Waals surface area contributed by atoms with E-state index in [1.807, 2.05) is 0 Å². The summed E-state index contributed by atoms with van der Waals surface area (Å²) in [6.45, 7) is 3.29. The maximum Gasteiger partial charge on any atom is 0.573 e. The summed E-state index contributed by atoms with van der Waals surface area (Å²) in [4.78, 5) is 18.5. The van der Waals surface area contributed by atoms with E-state index < -0.39 is 17.7 Å². The number of pyridine rings is 1. The van der Waals surface area contributed by atoms with E-state index in [9.17, 15) is 23.1 Å². The highest BCUT2D eigenvalue weighted by atomic mass is 19.4. The Morgan fingerprint density at radius 3 is 2.48 bits per heavy atom. The van der Waals surface area contributed by atoms with E-state index in [1.165, 1.54) is 10.6 Å². The van der Waals surface area contributed by atoms with Gasteiger partial charge in [0.15, 0.2) is 0 Å². The molecule has 0 amide bonds. The largest absolute Gasteiger partial charge is 0.573 e. The van der Waals surface area contributed by atoms with Gasteiger partial charge in [-0.15, -0.1) is 13.2 Å². The van der Waals surface area contributed by atoms with Crippen LogP contribution in [0.4, 0.5) is 13.2 Å². The number of imidazole rings is 1. The van der Waals surface area contributed by atoms with E-state index in [0.29, 0.717) is 16.8 Å². The van der Waals surface area contributed by atoms with Crippen molar-refractivity contribution < 1.29 is 27.8 Å². The zero-order chi connectivity index (χ0) is 19.8. The lowest BCUT2D eigenvalue weighted by Crippen LogP contribution is -2.31. The van der Waals surface area contributed by atoms with Gasteiger partial charge in [-0.05, 0) is 32.0 Å². The Kier molecular flexibility index (Phi) is 4.60. The van der Waals surface area contributed by atoms with E-state index in [0.717, 1.165) is 12.3 Å². The summed E-state index contributed by atoms with van der Waals surface area (Å²) in [6, 6.07) is 7.08. The summed E-state index contributed by atoms with van der Waals surface area (Å²) in [7, 11) is 0. The first-order valence-corrected chi connectivity index (χ1v) is 7.85. The Morgan fingerprint density at radius 2 is 1.89 bits per heavy atom. The predicted octanol–water partition coefficient (Wildman–Crippen LogP) is 3.19. The van der Waals surface area contributed by atoms with Crippen molar-refractivity contribution in [2.75, 3.05) is 0 Å². The van der Waals surface area contributed by atoms with Gasteiger partial charge in [0.05, 0.1) is 29.4 Å². The number of aromatic amines is 1. The molecule has 144 valence electrons. The summed E-state index contributed by atoms with van der Waals surface area (Å²) in [5, 5.41) is 9.93. The van der Waals surface area contributed by atoms with Crippen molar-refractivity contribution in [1.82, 2.24) is 14.5 Å². The highest BCUT2D eigenvalue weighted by Crippen LogP contribution is 2.27. The van der Waals surface area contributed by atoms with Gasteiger partial charge in [-0.3, -0.25) is 4.57 Å². The van der Waals surface area contributed by atoms with Crippen LogP contribution in [0.5, 0.6) is 17.4 Å². The summed E-state index contributed by atoms with van der Waals surface area (Å²) < 4.78 is 47.1. The van der Waals surface area contributed by atoms with Gasteiger partial charge in [0.25, 0.3) is 0 Å². The van der Waals surface area contributed by atoms with Gasteiger partial charge in [0, 0.05) is 12.1 Å². The lowest BCUT2D eigenvalue weighted by Gasteiger charge is -2.17. The summed E-state index contributed by atoms with van der Waals surface area (Å²) in [5.41, 5.74) is -0.385. The molecule has 1 aromatic carbocycles. The number of ether oxygens (including phenoxy) is 2. The molecule has 0 aliphatic rings. The average molecular weight is 383 g/mol.